The summed E-state index contributed by atoms with van der Waals surface area (Å²) < 4.78 is 32.0. The molecule has 0 aromatic heterocycles. The number of carbonyl (C=O) groups excluding carboxylic acids is 1. The molecule has 128 valence electrons. The van der Waals surface area contributed by atoms with E-state index >= 15 is 0 Å². The zero-order valence-electron chi connectivity index (χ0n) is 13.3. The first-order chi connectivity index (χ1) is 11.3. The fraction of sp³-hybridized carbons (Fsp3) is 0.235. The van der Waals surface area contributed by atoms with Gasteiger partial charge < -0.3 is 9.84 Å². The molecule has 2 atom stereocenters. The standard InChI is InChI=1S/C17H19NO5S/c1-12-8-10-14(11-9-12)24(21,22)18-15(16(19)17(20)23-2)13-6-4-3-5-7-13/h3-11,15-16,18-19H,1-2H3/t15-,16-/m0/s1. The van der Waals surface area contributed by atoms with E-state index in [1.165, 1.54) is 12.1 Å². The van der Waals surface area contributed by atoms with Gasteiger partial charge in [0.15, 0.2) is 6.10 Å². The zero-order valence-corrected chi connectivity index (χ0v) is 14.2. The fourth-order valence-corrected chi connectivity index (χ4v) is 3.41. The van der Waals surface area contributed by atoms with E-state index in [1.807, 2.05) is 6.92 Å². The molecule has 0 amide bonds. The monoisotopic (exact) mass is 349 g/mol. The molecule has 0 saturated carbocycles. The van der Waals surface area contributed by atoms with Crippen LogP contribution in [0, 0.1) is 6.92 Å². The highest BCUT2D eigenvalue weighted by Gasteiger charge is 2.32. The lowest BCUT2D eigenvalue weighted by atomic mass is 10.0. The molecule has 7 heteroatoms. The Morgan fingerprint density at radius 3 is 2.21 bits per heavy atom. The van der Waals surface area contributed by atoms with Crippen LogP contribution in [-0.4, -0.2) is 32.7 Å². The lowest BCUT2D eigenvalue weighted by Gasteiger charge is -2.23. The normalized spacial score (nSPS) is 14.0. The number of hydrogen-bond acceptors (Lipinski definition) is 5. The molecule has 24 heavy (non-hydrogen) atoms. The van der Waals surface area contributed by atoms with Crippen molar-refractivity contribution in [3.05, 3.63) is 65.7 Å². The number of nitrogens with one attached hydrogen (secondary N) is 1. The summed E-state index contributed by atoms with van der Waals surface area (Å²) in [6.45, 7) is 1.84. The highest BCUT2D eigenvalue weighted by molar-refractivity contribution is 7.89. The first kappa shape index (κ1) is 18.1. The number of ether oxygens (including phenoxy) is 1. The summed E-state index contributed by atoms with van der Waals surface area (Å²) in [4.78, 5) is 11.7. The second-order valence-corrected chi connectivity index (χ2v) is 7.00. The minimum Gasteiger partial charge on any atom is -0.467 e. The second kappa shape index (κ2) is 7.57. The maximum absolute atomic E-state index is 12.6. The number of carbonyl (C=O) groups is 1. The summed E-state index contributed by atoms with van der Waals surface area (Å²) in [6, 6.07) is 13.5. The first-order valence-corrected chi connectivity index (χ1v) is 8.73. The predicted octanol–water partition coefficient (Wildman–Crippen LogP) is 1.55. The Hall–Kier alpha value is -2.22. The summed E-state index contributed by atoms with van der Waals surface area (Å²) in [5.41, 5.74) is 1.37. The molecule has 0 heterocycles. The van der Waals surface area contributed by atoms with E-state index in [0.29, 0.717) is 5.56 Å². The lowest BCUT2D eigenvalue weighted by Crippen LogP contribution is -2.40. The van der Waals surface area contributed by atoms with Crippen molar-refractivity contribution in [2.45, 2.75) is 24.0 Å². The molecular weight excluding hydrogens is 330 g/mol. The highest BCUT2D eigenvalue weighted by atomic mass is 32.2. The molecule has 2 aromatic carbocycles. The van der Waals surface area contributed by atoms with Gasteiger partial charge in [-0.3, -0.25) is 0 Å². The average Bonchev–Trinajstić information content (AvgIpc) is 2.59. The van der Waals surface area contributed by atoms with Crippen molar-refractivity contribution in [1.29, 1.82) is 0 Å². The van der Waals surface area contributed by atoms with Crippen LogP contribution in [0.5, 0.6) is 0 Å². The minimum absolute atomic E-state index is 0.0473. The first-order valence-electron chi connectivity index (χ1n) is 7.25. The molecule has 6 nitrogen and oxygen atoms in total. The third kappa shape index (κ3) is 4.19. The van der Waals surface area contributed by atoms with Crippen LogP contribution in [0.15, 0.2) is 59.5 Å². The van der Waals surface area contributed by atoms with Gasteiger partial charge in [0, 0.05) is 0 Å². The van der Waals surface area contributed by atoms with Gasteiger partial charge in [0.1, 0.15) is 0 Å². The van der Waals surface area contributed by atoms with Crippen LogP contribution in [-0.2, 0) is 19.6 Å². The summed E-state index contributed by atoms with van der Waals surface area (Å²) in [7, 11) is -2.80. The zero-order chi connectivity index (χ0) is 17.7. The molecule has 0 spiro atoms. The summed E-state index contributed by atoms with van der Waals surface area (Å²) in [5, 5.41) is 10.2. The second-order valence-electron chi connectivity index (χ2n) is 5.29. The number of esters is 1. The number of rotatable bonds is 6. The maximum atomic E-state index is 12.6. The highest BCUT2D eigenvalue weighted by Crippen LogP contribution is 2.21. The molecule has 0 aliphatic rings. The van der Waals surface area contributed by atoms with E-state index in [-0.39, 0.29) is 4.90 Å². The number of benzene rings is 2. The maximum Gasteiger partial charge on any atom is 0.336 e. The Bertz CT molecular complexity index is 787. The van der Waals surface area contributed by atoms with Gasteiger partial charge in [-0.1, -0.05) is 48.0 Å². The topological polar surface area (TPSA) is 92.7 Å². The van der Waals surface area contributed by atoms with Gasteiger partial charge in [0.05, 0.1) is 18.0 Å². The van der Waals surface area contributed by atoms with Crippen LogP contribution >= 0.6 is 0 Å². The molecule has 0 aliphatic heterocycles. The van der Waals surface area contributed by atoms with Crippen LogP contribution < -0.4 is 4.72 Å². The number of methoxy groups -OCH3 is 1. The van der Waals surface area contributed by atoms with Crippen molar-refractivity contribution < 1.29 is 23.1 Å². The van der Waals surface area contributed by atoms with Crippen LogP contribution in [0.25, 0.3) is 0 Å². The largest absolute Gasteiger partial charge is 0.467 e. The van der Waals surface area contributed by atoms with E-state index in [2.05, 4.69) is 9.46 Å². The lowest BCUT2D eigenvalue weighted by molar-refractivity contribution is -0.151. The molecule has 2 aromatic rings. The van der Waals surface area contributed by atoms with E-state index in [1.54, 1.807) is 42.5 Å². The van der Waals surface area contributed by atoms with Crippen molar-refractivity contribution in [2.75, 3.05) is 7.11 Å². The Morgan fingerprint density at radius 1 is 1.08 bits per heavy atom. The van der Waals surface area contributed by atoms with E-state index in [4.69, 9.17) is 0 Å². The van der Waals surface area contributed by atoms with Crippen LogP contribution in [0.2, 0.25) is 0 Å². The van der Waals surface area contributed by atoms with E-state index < -0.39 is 28.1 Å². The molecule has 2 rings (SSSR count). The van der Waals surface area contributed by atoms with E-state index in [0.717, 1.165) is 12.7 Å². The summed E-state index contributed by atoms with van der Waals surface area (Å²) in [5.74, 6) is -0.921. The number of aliphatic hydroxyl groups excluding tert-OH is 1. The van der Waals surface area contributed by atoms with Crippen molar-refractivity contribution in [3.8, 4) is 0 Å². The molecule has 2 N–H and O–H groups in total. The molecule has 0 unspecified atom stereocenters. The van der Waals surface area contributed by atoms with Gasteiger partial charge in [-0.25, -0.2) is 17.9 Å². The smallest absolute Gasteiger partial charge is 0.336 e. The van der Waals surface area contributed by atoms with Gasteiger partial charge in [-0.2, -0.15) is 0 Å². The van der Waals surface area contributed by atoms with Gasteiger partial charge in [0.25, 0.3) is 0 Å². The number of sulfonamides is 1. The molecule has 0 aliphatic carbocycles. The van der Waals surface area contributed by atoms with Crippen molar-refractivity contribution in [2.24, 2.45) is 0 Å². The molecule has 0 radical (unpaired) electrons. The van der Waals surface area contributed by atoms with Gasteiger partial charge in [-0.15, -0.1) is 0 Å². The molecule has 0 fully saturated rings. The van der Waals surface area contributed by atoms with Crippen LogP contribution in [0.4, 0.5) is 0 Å². The Balaban J connectivity index is 2.37. The fourth-order valence-electron chi connectivity index (χ4n) is 2.18. The third-order valence-electron chi connectivity index (χ3n) is 3.53. The minimum atomic E-state index is -3.93. The van der Waals surface area contributed by atoms with Gasteiger partial charge >= 0.3 is 5.97 Å². The van der Waals surface area contributed by atoms with Crippen LogP contribution in [0.3, 0.4) is 0 Å². The number of hydrogen-bond donors (Lipinski definition) is 2. The Kier molecular flexibility index (Phi) is 5.71. The molecular formula is C17H19NO5S. The molecule has 0 bridgehead atoms. The summed E-state index contributed by atoms with van der Waals surface area (Å²) >= 11 is 0. The molecule has 0 saturated heterocycles. The quantitative estimate of drug-likeness (QED) is 0.772. The van der Waals surface area contributed by atoms with Gasteiger partial charge in [0.2, 0.25) is 10.0 Å². The predicted molar refractivity (Wildman–Crippen MR) is 88.7 cm³/mol. The van der Waals surface area contributed by atoms with Crippen LogP contribution in [0.1, 0.15) is 17.2 Å². The Morgan fingerprint density at radius 2 is 1.67 bits per heavy atom. The van der Waals surface area contributed by atoms with E-state index in [9.17, 15) is 18.3 Å². The van der Waals surface area contributed by atoms with Crippen molar-refractivity contribution in [1.82, 2.24) is 4.72 Å². The number of aryl methyl sites for hydroxylation is 1. The Labute approximate surface area is 141 Å². The summed E-state index contributed by atoms with van der Waals surface area (Å²) in [6.07, 6.45) is -1.67. The van der Waals surface area contributed by atoms with Gasteiger partial charge in [-0.05, 0) is 24.6 Å². The average molecular weight is 349 g/mol. The van der Waals surface area contributed by atoms with Crippen molar-refractivity contribution >= 4 is 16.0 Å². The number of aliphatic hydroxyl groups is 1. The third-order valence-corrected chi connectivity index (χ3v) is 4.99. The SMILES string of the molecule is COC(=O)[C@@H](O)[C@@H](NS(=O)(=O)c1ccc(C)cc1)c1ccccc1. The van der Waals surface area contributed by atoms with Crippen molar-refractivity contribution in [3.63, 3.8) is 0 Å².